The van der Waals surface area contributed by atoms with Crippen molar-refractivity contribution in [2.75, 3.05) is 10.6 Å². The molecule has 0 fully saturated rings. The molecule has 3 amide bonds. The molecule has 3 aromatic carbocycles. The Labute approximate surface area is 231 Å². The Bertz CT molecular complexity index is 1410. The van der Waals surface area contributed by atoms with Crippen molar-refractivity contribution in [3.63, 3.8) is 0 Å². The van der Waals surface area contributed by atoms with E-state index < -0.39 is 35.3 Å². The van der Waals surface area contributed by atoms with E-state index in [1.165, 1.54) is 42.5 Å². The Hall–Kier alpha value is -4.68. The fourth-order valence-electron chi connectivity index (χ4n) is 3.41. The molecule has 200 valence electrons. The highest BCUT2D eigenvalue weighted by Gasteiger charge is 2.26. The first-order chi connectivity index (χ1) is 18.4. The topological polar surface area (TPSA) is 137 Å². The molecule has 3 N–H and O–H groups in total. The number of amides is 3. The summed E-state index contributed by atoms with van der Waals surface area (Å²) in [5.74, 6) is -3.19. The van der Waals surface area contributed by atoms with E-state index in [0.29, 0.717) is 11.3 Å². The Kier molecular flexibility index (Phi) is 9.42. The van der Waals surface area contributed by atoms with E-state index in [-0.39, 0.29) is 22.7 Å². The maximum atomic E-state index is 13.2. The van der Waals surface area contributed by atoms with Crippen LogP contribution in [0.15, 0.2) is 72.8 Å². The fourth-order valence-corrected chi connectivity index (χ4v) is 3.57. The largest absolute Gasteiger partial charge is 0.456 e. The second kappa shape index (κ2) is 12.7. The van der Waals surface area contributed by atoms with Gasteiger partial charge in [0.15, 0.2) is 0 Å². The summed E-state index contributed by atoms with van der Waals surface area (Å²) >= 11 is 6.07. The lowest BCUT2D eigenvalue weighted by Gasteiger charge is -2.20. The first-order valence-corrected chi connectivity index (χ1v) is 12.3. The van der Waals surface area contributed by atoms with Crippen LogP contribution in [-0.2, 0) is 25.5 Å². The van der Waals surface area contributed by atoms with Crippen molar-refractivity contribution in [2.45, 2.75) is 38.8 Å². The second-order valence-electron chi connectivity index (χ2n) is 9.54. The summed E-state index contributed by atoms with van der Waals surface area (Å²) in [5, 5.41) is 16.7. The van der Waals surface area contributed by atoms with Gasteiger partial charge in [-0.2, -0.15) is 5.26 Å². The van der Waals surface area contributed by atoms with Crippen molar-refractivity contribution in [3.05, 3.63) is 94.5 Å². The van der Waals surface area contributed by atoms with Gasteiger partial charge in [-0.05, 0) is 68.8 Å². The highest BCUT2D eigenvalue weighted by Crippen LogP contribution is 2.23. The van der Waals surface area contributed by atoms with Crippen molar-refractivity contribution in [1.29, 1.82) is 5.26 Å². The number of nitriles is 1. The van der Waals surface area contributed by atoms with Crippen molar-refractivity contribution in [2.24, 2.45) is 0 Å². The number of rotatable bonds is 7. The lowest BCUT2D eigenvalue weighted by Crippen LogP contribution is -2.48. The van der Waals surface area contributed by atoms with Crippen LogP contribution in [0.25, 0.3) is 0 Å². The van der Waals surface area contributed by atoms with Crippen molar-refractivity contribution in [3.8, 4) is 6.07 Å². The minimum Gasteiger partial charge on any atom is -0.456 e. The molecule has 0 saturated heterocycles. The van der Waals surface area contributed by atoms with E-state index in [9.17, 15) is 19.2 Å². The molecule has 1 atom stereocenters. The Morgan fingerprint density at radius 1 is 0.923 bits per heavy atom. The number of anilines is 2. The summed E-state index contributed by atoms with van der Waals surface area (Å²) < 4.78 is 5.34. The summed E-state index contributed by atoms with van der Waals surface area (Å²) in [4.78, 5) is 50.8. The summed E-state index contributed by atoms with van der Waals surface area (Å²) in [5.41, 5.74) is 1.13. The highest BCUT2D eigenvalue weighted by atomic mass is 35.5. The highest BCUT2D eigenvalue weighted by molar-refractivity contribution is 6.41. The zero-order valence-electron chi connectivity index (χ0n) is 21.6. The van der Waals surface area contributed by atoms with Gasteiger partial charge >= 0.3 is 17.8 Å². The third kappa shape index (κ3) is 8.69. The number of benzene rings is 3. The molecule has 0 radical (unpaired) electrons. The van der Waals surface area contributed by atoms with E-state index in [4.69, 9.17) is 21.6 Å². The molecule has 0 heterocycles. The molecule has 39 heavy (non-hydrogen) atoms. The third-order valence-electron chi connectivity index (χ3n) is 5.24. The average molecular weight is 547 g/mol. The molecule has 0 saturated carbocycles. The van der Waals surface area contributed by atoms with E-state index in [2.05, 4.69) is 16.0 Å². The van der Waals surface area contributed by atoms with Gasteiger partial charge in [0, 0.05) is 12.1 Å². The number of carbonyl (C=O) groups is 4. The van der Waals surface area contributed by atoms with Crippen molar-refractivity contribution >= 4 is 46.7 Å². The fraction of sp³-hybridized carbons (Fsp3) is 0.207. The van der Waals surface area contributed by atoms with Gasteiger partial charge in [0.25, 0.3) is 0 Å². The maximum Gasteiger partial charge on any atom is 0.338 e. The lowest BCUT2D eigenvalue weighted by molar-refractivity contribution is -0.137. The van der Waals surface area contributed by atoms with Gasteiger partial charge < -0.3 is 20.7 Å². The van der Waals surface area contributed by atoms with Crippen LogP contribution in [0.4, 0.5) is 11.4 Å². The van der Waals surface area contributed by atoms with Gasteiger partial charge in [-0.25, -0.2) is 4.79 Å². The molecule has 9 nitrogen and oxygen atoms in total. The van der Waals surface area contributed by atoms with Crippen LogP contribution in [0, 0.1) is 11.3 Å². The molecular weight excluding hydrogens is 520 g/mol. The smallest absolute Gasteiger partial charge is 0.338 e. The quantitative estimate of drug-likeness (QED) is 0.295. The Morgan fingerprint density at radius 2 is 1.59 bits per heavy atom. The molecular formula is C29H27ClN4O5. The predicted molar refractivity (Wildman–Crippen MR) is 147 cm³/mol. The van der Waals surface area contributed by atoms with Crippen molar-refractivity contribution in [1.82, 2.24) is 5.32 Å². The van der Waals surface area contributed by atoms with E-state index >= 15 is 0 Å². The molecule has 0 aromatic heterocycles. The van der Waals surface area contributed by atoms with Crippen LogP contribution in [0.1, 0.15) is 42.3 Å². The van der Waals surface area contributed by atoms with Crippen LogP contribution in [0.5, 0.6) is 0 Å². The number of esters is 1. The van der Waals surface area contributed by atoms with Gasteiger partial charge in [-0.1, -0.05) is 41.9 Å². The van der Waals surface area contributed by atoms with Crippen LogP contribution < -0.4 is 16.0 Å². The van der Waals surface area contributed by atoms with Crippen LogP contribution in [0.3, 0.4) is 0 Å². The number of nitrogens with one attached hydrogen (secondary N) is 3. The number of nitrogens with zero attached hydrogens (tertiary/aromatic N) is 1. The van der Waals surface area contributed by atoms with Crippen LogP contribution in [-0.4, -0.2) is 35.3 Å². The van der Waals surface area contributed by atoms with E-state index in [1.54, 1.807) is 45.0 Å². The molecule has 0 unspecified atom stereocenters. The summed E-state index contributed by atoms with van der Waals surface area (Å²) in [6.45, 7) is 5.29. The molecule has 0 aliphatic carbocycles. The molecule has 10 heteroatoms. The number of carbonyl (C=O) groups excluding carboxylic acids is 4. The number of hydrogen-bond donors (Lipinski definition) is 3. The van der Waals surface area contributed by atoms with E-state index in [0.717, 1.165) is 5.56 Å². The number of ether oxygens (including phenoxy) is 1. The van der Waals surface area contributed by atoms with Gasteiger partial charge in [0.05, 0.1) is 27.9 Å². The minimum absolute atomic E-state index is 0.0880. The maximum absolute atomic E-state index is 13.2. The summed E-state index contributed by atoms with van der Waals surface area (Å²) in [6, 6.07) is 20.1. The molecule has 0 aliphatic rings. The first-order valence-electron chi connectivity index (χ1n) is 11.9. The van der Waals surface area contributed by atoms with Gasteiger partial charge in [0.1, 0.15) is 11.6 Å². The average Bonchev–Trinajstić information content (AvgIpc) is 2.89. The molecule has 0 aliphatic heterocycles. The minimum atomic E-state index is -1.11. The SMILES string of the molecule is CC(C)(C)OC(=O)c1ccc(NC(=O)[C@H](Cc2ccccc2)NC(=O)C(=O)Nc2cc(C#N)ccc2Cl)cc1. The van der Waals surface area contributed by atoms with Crippen LogP contribution in [0.2, 0.25) is 5.02 Å². The molecule has 3 aromatic rings. The lowest BCUT2D eigenvalue weighted by atomic mass is 10.0. The predicted octanol–water partition coefficient (Wildman–Crippen LogP) is 4.47. The van der Waals surface area contributed by atoms with Gasteiger partial charge in [0.2, 0.25) is 5.91 Å². The van der Waals surface area contributed by atoms with Crippen molar-refractivity contribution < 1.29 is 23.9 Å². The molecule has 0 bridgehead atoms. The van der Waals surface area contributed by atoms with Gasteiger partial charge in [-0.3, -0.25) is 14.4 Å². The first kappa shape index (κ1) is 28.9. The molecule has 3 rings (SSSR count). The summed E-state index contributed by atoms with van der Waals surface area (Å²) in [6.07, 6.45) is 0.104. The zero-order valence-corrected chi connectivity index (χ0v) is 22.3. The standard InChI is InChI=1S/C29H27ClN4O5/c1-29(2,3)39-28(38)20-10-12-21(13-11-20)32-25(35)24(15-18-7-5-4-6-8-18)34-27(37)26(36)33-23-16-19(17-31)9-14-22(23)30/h4-14,16,24H,15H2,1-3H3,(H,32,35)(H,33,36)(H,34,37)/t24-/m0/s1. The van der Waals surface area contributed by atoms with Gasteiger partial charge in [-0.15, -0.1) is 0 Å². The monoisotopic (exact) mass is 546 g/mol. The second-order valence-corrected chi connectivity index (χ2v) is 9.95. The Morgan fingerprint density at radius 3 is 2.21 bits per heavy atom. The third-order valence-corrected chi connectivity index (χ3v) is 5.57. The number of halogens is 1. The zero-order chi connectivity index (χ0) is 28.6. The molecule has 0 spiro atoms. The number of hydrogen-bond acceptors (Lipinski definition) is 6. The van der Waals surface area contributed by atoms with Crippen LogP contribution >= 0.6 is 11.6 Å². The normalized spacial score (nSPS) is 11.5. The van der Waals surface area contributed by atoms with E-state index in [1.807, 2.05) is 12.1 Å². The summed E-state index contributed by atoms with van der Waals surface area (Å²) in [7, 11) is 0. The Balaban J connectivity index is 1.73.